The summed E-state index contributed by atoms with van der Waals surface area (Å²) < 4.78 is 55.1. The van der Waals surface area contributed by atoms with Gasteiger partial charge >= 0.3 is 0 Å². The van der Waals surface area contributed by atoms with Crippen LogP contribution in [-0.4, -0.2) is 76.2 Å². The van der Waals surface area contributed by atoms with Crippen molar-refractivity contribution in [2.24, 2.45) is 5.73 Å². The molecule has 10 nitrogen and oxygen atoms in total. The molecule has 2 amide bonds. The number of carbonyl (C=O) groups is 2. The molecule has 0 radical (unpaired) electrons. The lowest BCUT2D eigenvalue weighted by Crippen LogP contribution is -2.55. The Morgan fingerprint density at radius 2 is 1.64 bits per heavy atom. The highest BCUT2D eigenvalue weighted by Crippen LogP contribution is 2.19. The van der Waals surface area contributed by atoms with Crippen LogP contribution in [0.15, 0.2) is 48.5 Å². The third-order valence-corrected chi connectivity index (χ3v) is 10.3. The molecule has 1 heterocycles. The standard InChI is InChI=1S/C34H47F2N5O5S/c1-5-9-28(10-6-2)47(45,46)21-31(38-33(43)30-13-22(4)39-40-30)34(44)41(19-24-12-8-11-23(7-3)14-24)20-32(42)29(37)17-25-15-26(35)18-27(36)16-25/h8,11-16,18,28-29,31-32,42H,5-7,9-10,17,19-21,37H2,1-4H3,(H,38,43)(H,39,40)/t29-,31+,32?/m0/s1. The van der Waals surface area contributed by atoms with Crippen LogP contribution >= 0.6 is 0 Å². The van der Waals surface area contributed by atoms with Crippen molar-refractivity contribution in [3.8, 4) is 0 Å². The Balaban J connectivity index is 1.98. The SMILES string of the molecule is CCCC(CCC)S(=O)(=O)C[C@@H](NC(=O)c1cc(C)[nH]n1)C(=O)N(Cc1cccc(CC)c1)CC(O)[C@@H](N)Cc1cc(F)cc(F)c1. The van der Waals surface area contributed by atoms with Crippen LogP contribution in [0.5, 0.6) is 0 Å². The molecule has 13 heteroatoms. The number of nitrogens with two attached hydrogens (primary N) is 1. The van der Waals surface area contributed by atoms with Crippen molar-refractivity contribution >= 4 is 21.7 Å². The number of hydrogen-bond acceptors (Lipinski definition) is 7. The molecule has 0 aliphatic rings. The first kappa shape index (κ1) is 37.8. The predicted octanol–water partition coefficient (Wildman–Crippen LogP) is 4.00. The number of nitrogens with one attached hydrogen (secondary N) is 2. The molecule has 2 aromatic carbocycles. The van der Waals surface area contributed by atoms with Crippen molar-refractivity contribution in [2.45, 2.75) is 96.2 Å². The molecule has 0 saturated carbocycles. The molecule has 258 valence electrons. The van der Waals surface area contributed by atoms with E-state index in [1.807, 2.05) is 39.0 Å². The number of amides is 2. The van der Waals surface area contributed by atoms with Gasteiger partial charge in [0.2, 0.25) is 5.91 Å². The molecule has 0 fully saturated rings. The van der Waals surface area contributed by atoms with E-state index in [0.717, 1.165) is 35.7 Å². The highest BCUT2D eigenvalue weighted by atomic mass is 32.2. The zero-order valence-corrected chi connectivity index (χ0v) is 28.3. The van der Waals surface area contributed by atoms with Gasteiger partial charge in [-0.25, -0.2) is 17.2 Å². The summed E-state index contributed by atoms with van der Waals surface area (Å²) in [5.74, 6) is -3.69. The van der Waals surface area contributed by atoms with E-state index in [4.69, 9.17) is 5.73 Å². The molecule has 1 unspecified atom stereocenters. The topological polar surface area (TPSA) is 158 Å². The van der Waals surface area contributed by atoms with Crippen LogP contribution < -0.4 is 11.1 Å². The first-order chi connectivity index (χ1) is 22.3. The van der Waals surface area contributed by atoms with Gasteiger partial charge in [-0.05, 0) is 67.5 Å². The van der Waals surface area contributed by atoms with Crippen molar-refractivity contribution in [1.29, 1.82) is 0 Å². The summed E-state index contributed by atoms with van der Waals surface area (Å²) in [7, 11) is -3.87. The maximum absolute atomic E-state index is 14.4. The molecule has 3 rings (SSSR count). The molecule has 0 spiro atoms. The number of sulfone groups is 1. The number of aromatic nitrogens is 2. The zero-order chi connectivity index (χ0) is 34.7. The maximum atomic E-state index is 14.4. The van der Waals surface area contributed by atoms with E-state index >= 15 is 0 Å². The number of H-pyrrole nitrogens is 1. The first-order valence-electron chi connectivity index (χ1n) is 16.1. The lowest BCUT2D eigenvalue weighted by Gasteiger charge is -2.32. The van der Waals surface area contributed by atoms with Crippen LogP contribution in [0.1, 0.15) is 79.3 Å². The van der Waals surface area contributed by atoms with E-state index in [1.165, 1.54) is 11.0 Å². The third kappa shape index (κ3) is 11.2. The summed E-state index contributed by atoms with van der Waals surface area (Å²) in [5, 5.41) is 19.7. The van der Waals surface area contributed by atoms with Crippen molar-refractivity contribution < 1.29 is 31.9 Å². The Morgan fingerprint density at radius 3 is 2.21 bits per heavy atom. The molecule has 0 aliphatic carbocycles. The number of aliphatic hydroxyl groups excluding tert-OH is 1. The second-order valence-electron chi connectivity index (χ2n) is 12.1. The molecule has 5 N–H and O–H groups in total. The number of aryl methyl sites for hydroxylation is 2. The van der Waals surface area contributed by atoms with Crippen LogP contribution in [0.25, 0.3) is 0 Å². The van der Waals surface area contributed by atoms with Gasteiger partial charge in [-0.3, -0.25) is 14.7 Å². The first-order valence-corrected chi connectivity index (χ1v) is 17.8. The predicted molar refractivity (Wildman–Crippen MR) is 177 cm³/mol. The van der Waals surface area contributed by atoms with Gasteiger partial charge in [-0.1, -0.05) is 57.9 Å². The van der Waals surface area contributed by atoms with Crippen LogP contribution in [-0.2, 0) is 34.0 Å². The Kier molecular flexibility index (Phi) is 14.0. The second-order valence-corrected chi connectivity index (χ2v) is 14.4. The third-order valence-electron chi connectivity index (χ3n) is 8.05. The van der Waals surface area contributed by atoms with Crippen molar-refractivity contribution in [2.75, 3.05) is 12.3 Å². The minimum atomic E-state index is -3.87. The van der Waals surface area contributed by atoms with Crippen molar-refractivity contribution in [3.63, 3.8) is 0 Å². The average Bonchev–Trinajstić information content (AvgIpc) is 3.45. The Labute approximate surface area is 276 Å². The molecule has 3 aromatic rings. The minimum Gasteiger partial charge on any atom is -0.390 e. The summed E-state index contributed by atoms with van der Waals surface area (Å²) in [4.78, 5) is 28.9. The molecular formula is C34H47F2N5O5S. The van der Waals surface area contributed by atoms with E-state index in [2.05, 4.69) is 15.5 Å². The fourth-order valence-corrected chi connectivity index (χ4v) is 7.73. The number of aromatic amines is 1. The largest absolute Gasteiger partial charge is 0.390 e. The van der Waals surface area contributed by atoms with Gasteiger partial charge in [0.15, 0.2) is 9.84 Å². The fourth-order valence-electron chi connectivity index (χ4n) is 5.58. The Hall–Kier alpha value is -3.68. The summed E-state index contributed by atoms with van der Waals surface area (Å²) in [6, 6.07) is 9.38. The van der Waals surface area contributed by atoms with Gasteiger partial charge in [0.1, 0.15) is 23.4 Å². The molecule has 0 saturated heterocycles. The van der Waals surface area contributed by atoms with E-state index in [-0.39, 0.29) is 30.8 Å². The van der Waals surface area contributed by atoms with Crippen LogP contribution in [0, 0.1) is 18.6 Å². The zero-order valence-electron chi connectivity index (χ0n) is 27.5. The molecule has 0 aliphatic heterocycles. The highest BCUT2D eigenvalue weighted by molar-refractivity contribution is 7.92. The fraction of sp³-hybridized carbons (Fsp3) is 0.500. The van der Waals surface area contributed by atoms with Gasteiger partial charge in [0.05, 0.1) is 17.1 Å². The van der Waals surface area contributed by atoms with Gasteiger partial charge in [0.25, 0.3) is 5.91 Å². The maximum Gasteiger partial charge on any atom is 0.272 e. The smallest absolute Gasteiger partial charge is 0.272 e. The van der Waals surface area contributed by atoms with Gasteiger partial charge in [-0.2, -0.15) is 5.10 Å². The number of aliphatic hydroxyl groups is 1. The molecule has 1 aromatic heterocycles. The number of halogens is 2. The number of hydrogen-bond donors (Lipinski definition) is 4. The molecule has 47 heavy (non-hydrogen) atoms. The van der Waals surface area contributed by atoms with E-state index in [9.17, 15) is 31.9 Å². The lowest BCUT2D eigenvalue weighted by molar-refractivity contribution is -0.135. The summed E-state index contributed by atoms with van der Waals surface area (Å²) in [5.41, 5.74) is 8.81. The van der Waals surface area contributed by atoms with Crippen molar-refractivity contribution in [1.82, 2.24) is 20.4 Å². The van der Waals surface area contributed by atoms with Gasteiger partial charge in [0, 0.05) is 30.9 Å². The summed E-state index contributed by atoms with van der Waals surface area (Å²) >= 11 is 0. The summed E-state index contributed by atoms with van der Waals surface area (Å²) in [6.07, 6.45) is 1.34. The van der Waals surface area contributed by atoms with Crippen LogP contribution in [0.4, 0.5) is 8.78 Å². The number of rotatable bonds is 18. The normalized spacial score (nSPS) is 13.7. The van der Waals surface area contributed by atoms with E-state index < -0.39 is 62.5 Å². The average molecular weight is 676 g/mol. The van der Waals surface area contributed by atoms with E-state index in [1.54, 1.807) is 13.0 Å². The number of benzene rings is 2. The minimum absolute atomic E-state index is 0.0112. The highest BCUT2D eigenvalue weighted by Gasteiger charge is 2.36. The van der Waals surface area contributed by atoms with Crippen molar-refractivity contribution in [3.05, 3.63) is 88.2 Å². The molecule has 0 bridgehead atoms. The van der Waals surface area contributed by atoms with Crippen LogP contribution in [0.3, 0.4) is 0 Å². The van der Waals surface area contributed by atoms with E-state index in [0.29, 0.717) is 31.4 Å². The second kappa shape index (κ2) is 17.5. The van der Waals surface area contributed by atoms with Gasteiger partial charge in [-0.15, -0.1) is 0 Å². The summed E-state index contributed by atoms with van der Waals surface area (Å²) in [6.45, 7) is 7.10. The lowest BCUT2D eigenvalue weighted by atomic mass is 10.0. The monoisotopic (exact) mass is 675 g/mol. The van der Waals surface area contributed by atoms with Crippen LogP contribution in [0.2, 0.25) is 0 Å². The Bertz CT molecular complexity index is 1570. The Morgan fingerprint density at radius 1 is 1.00 bits per heavy atom. The molecule has 3 atom stereocenters. The quantitative estimate of drug-likeness (QED) is 0.159. The number of nitrogens with zero attached hydrogens (tertiary/aromatic N) is 2. The molecular weight excluding hydrogens is 628 g/mol. The number of carbonyl (C=O) groups excluding carboxylic acids is 2. The van der Waals surface area contributed by atoms with Gasteiger partial charge < -0.3 is 21.1 Å².